The van der Waals surface area contributed by atoms with Crippen LogP contribution in [0, 0.1) is 5.41 Å². The monoisotopic (exact) mass is 276 g/mol. The van der Waals surface area contributed by atoms with Gasteiger partial charge in [-0.25, -0.2) is 9.59 Å². The maximum absolute atomic E-state index is 11.8. The number of methoxy groups -OCH3 is 1. The molecule has 19 heavy (non-hydrogen) atoms. The Morgan fingerprint density at radius 3 is 2.26 bits per heavy atom. The molecule has 112 valence electrons. The second-order valence-corrected chi connectivity index (χ2v) is 5.58. The summed E-state index contributed by atoms with van der Waals surface area (Å²) in [7, 11) is 2.93. The number of carbonyl (C=O) groups is 2. The fourth-order valence-electron chi connectivity index (χ4n) is 1.53. The van der Waals surface area contributed by atoms with Crippen molar-refractivity contribution >= 4 is 12.0 Å². The van der Waals surface area contributed by atoms with Crippen LogP contribution in [0.1, 0.15) is 20.8 Å². The summed E-state index contributed by atoms with van der Waals surface area (Å²) in [6.45, 7) is 5.36. The van der Waals surface area contributed by atoms with Crippen molar-refractivity contribution < 1.29 is 24.5 Å². The van der Waals surface area contributed by atoms with E-state index in [9.17, 15) is 14.7 Å². The number of ether oxygens (including phenoxy) is 1. The summed E-state index contributed by atoms with van der Waals surface area (Å²) < 4.78 is 4.76. The summed E-state index contributed by atoms with van der Waals surface area (Å²) in [5, 5.41) is 21.1. The van der Waals surface area contributed by atoms with Crippen molar-refractivity contribution in [3.05, 3.63) is 0 Å². The van der Waals surface area contributed by atoms with E-state index in [-0.39, 0.29) is 13.2 Å². The van der Waals surface area contributed by atoms with E-state index in [0.717, 1.165) is 0 Å². The van der Waals surface area contributed by atoms with Crippen molar-refractivity contribution in [3.8, 4) is 0 Å². The first-order chi connectivity index (χ1) is 8.59. The number of likely N-dealkylation sites (N-methyl/N-ethyl adjacent to an activating group) is 1. The van der Waals surface area contributed by atoms with Crippen molar-refractivity contribution in [2.45, 2.75) is 32.9 Å². The van der Waals surface area contributed by atoms with Gasteiger partial charge in [0.05, 0.1) is 19.3 Å². The Morgan fingerprint density at radius 2 is 1.89 bits per heavy atom. The number of carboxylic acid groups (broad SMARTS) is 1. The number of nitrogens with zero attached hydrogens (tertiary/aromatic N) is 1. The lowest BCUT2D eigenvalue weighted by Gasteiger charge is -2.30. The Labute approximate surface area is 113 Å². The molecular formula is C12H24N2O5. The lowest BCUT2D eigenvalue weighted by molar-refractivity contribution is -0.142. The molecule has 2 atom stereocenters. The van der Waals surface area contributed by atoms with Gasteiger partial charge in [0.1, 0.15) is 6.04 Å². The van der Waals surface area contributed by atoms with Gasteiger partial charge in [0.25, 0.3) is 0 Å². The zero-order valence-electron chi connectivity index (χ0n) is 12.1. The first kappa shape index (κ1) is 17.7. The van der Waals surface area contributed by atoms with Gasteiger partial charge in [0.2, 0.25) is 0 Å². The predicted molar refractivity (Wildman–Crippen MR) is 69.9 cm³/mol. The highest BCUT2D eigenvalue weighted by Gasteiger charge is 2.33. The molecule has 0 saturated carbocycles. The average Bonchev–Trinajstić information content (AvgIpc) is 2.23. The van der Waals surface area contributed by atoms with Crippen molar-refractivity contribution in [1.29, 1.82) is 0 Å². The first-order valence-corrected chi connectivity index (χ1v) is 6.01. The highest BCUT2D eigenvalue weighted by Crippen LogP contribution is 2.19. The predicted octanol–water partition coefficient (Wildman–Crippen LogP) is 0.134. The molecule has 0 aliphatic carbocycles. The van der Waals surface area contributed by atoms with Crippen LogP contribution in [0.3, 0.4) is 0 Å². The summed E-state index contributed by atoms with van der Waals surface area (Å²) in [5.74, 6) is -1.09. The number of carboxylic acids is 1. The standard InChI is InChI=1S/C12H24N2O5/c1-12(2,3)9(10(16)17)13-11(18)14(4)6-8(15)7-19-5/h8-9,15H,6-7H2,1-5H3,(H,13,18)(H,16,17). The molecule has 0 aliphatic heterocycles. The quantitative estimate of drug-likeness (QED) is 0.640. The van der Waals surface area contributed by atoms with E-state index in [1.807, 2.05) is 0 Å². The second kappa shape index (κ2) is 7.30. The Kier molecular flexibility index (Phi) is 6.78. The number of rotatable bonds is 6. The topological polar surface area (TPSA) is 99.1 Å². The van der Waals surface area contributed by atoms with Crippen LogP contribution < -0.4 is 5.32 Å². The number of carbonyl (C=O) groups excluding carboxylic acids is 1. The smallest absolute Gasteiger partial charge is 0.326 e. The Balaban J connectivity index is 4.53. The second-order valence-electron chi connectivity index (χ2n) is 5.58. The van der Waals surface area contributed by atoms with Crippen LogP contribution >= 0.6 is 0 Å². The van der Waals surface area contributed by atoms with Crippen LogP contribution in [0.2, 0.25) is 0 Å². The van der Waals surface area contributed by atoms with Gasteiger partial charge < -0.3 is 25.2 Å². The number of aliphatic hydroxyl groups excluding tert-OH is 1. The summed E-state index contributed by atoms with van der Waals surface area (Å²) in [5.41, 5.74) is -0.604. The molecular weight excluding hydrogens is 252 g/mol. The molecule has 0 fully saturated rings. The third-order valence-corrected chi connectivity index (χ3v) is 2.57. The van der Waals surface area contributed by atoms with Crippen LogP contribution in [-0.2, 0) is 9.53 Å². The van der Waals surface area contributed by atoms with E-state index >= 15 is 0 Å². The minimum atomic E-state index is -1.09. The molecule has 3 N–H and O–H groups in total. The van der Waals surface area contributed by atoms with Gasteiger partial charge >= 0.3 is 12.0 Å². The van der Waals surface area contributed by atoms with Crippen molar-refractivity contribution in [1.82, 2.24) is 10.2 Å². The fraction of sp³-hybridized carbons (Fsp3) is 0.833. The van der Waals surface area contributed by atoms with Crippen LogP contribution in [0.15, 0.2) is 0 Å². The summed E-state index contributed by atoms with van der Waals surface area (Å²) >= 11 is 0. The van der Waals surface area contributed by atoms with E-state index < -0.39 is 29.6 Å². The SMILES string of the molecule is COCC(O)CN(C)C(=O)NC(C(=O)O)C(C)(C)C. The average molecular weight is 276 g/mol. The first-order valence-electron chi connectivity index (χ1n) is 6.01. The highest BCUT2D eigenvalue weighted by atomic mass is 16.5. The van der Waals surface area contributed by atoms with Gasteiger partial charge in [0.15, 0.2) is 0 Å². The van der Waals surface area contributed by atoms with Gasteiger partial charge in [-0.3, -0.25) is 0 Å². The molecule has 0 spiro atoms. The molecule has 0 bridgehead atoms. The summed E-state index contributed by atoms with van der Waals surface area (Å²) in [6.07, 6.45) is -0.807. The Hall–Kier alpha value is -1.34. The molecule has 0 aromatic heterocycles. The molecule has 7 nitrogen and oxygen atoms in total. The molecule has 0 rings (SSSR count). The van der Waals surface area contributed by atoms with E-state index in [4.69, 9.17) is 9.84 Å². The minimum Gasteiger partial charge on any atom is -0.480 e. The highest BCUT2D eigenvalue weighted by molar-refractivity contribution is 5.83. The number of hydrogen-bond donors (Lipinski definition) is 3. The van der Waals surface area contributed by atoms with Crippen LogP contribution in [0.4, 0.5) is 4.79 Å². The molecule has 0 aromatic rings. The van der Waals surface area contributed by atoms with E-state index in [0.29, 0.717) is 0 Å². The lowest BCUT2D eigenvalue weighted by atomic mass is 9.87. The van der Waals surface area contributed by atoms with Crippen molar-refractivity contribution in [2.75, 3.05) is 27.3 Å². The number of nitrogens with one attached hydrogen (secondary N) is 1. The number of urea groups is 1. The number of hydrogen-bond acceptors (Lipinski definition) is 4. The summed E-state index contributed by atoms with van der Waals surface area (Å²) in [4.78, 5) is 24.2. The molecule has 0 radical (unpaired) electrons. The van der Waals surface area contributed by atoms with Gasteiger partial charge in [-0.1, -0.05) is 20.8 Å². The van der Waals surface area contributed by atoms with E-state index in [1.165, 1.54) is 19.1 Å². The fourth-order valence-corrected chi connectivity index (χ4v) is 1.53. The van der Waals surface area contributed by atoms with Gasteiger partial charge in [-0.05, 0) is 5.41 Å². The summed E-state index contributed by atoms with van der Waals surface area (Å²) in [6, 6.07) is -1.54. The Bertz CT molecular complexity index is 314. The lowest BCUT2D eigenvalue weighted by Crippen LogP contribution is -2.53. The molecule has 2 unspecified atom stereocenters. The van der Waals surface area contributed by atoms with E-state index in [1.54, 1.807) is 20.8 Å². The molecule has 7 heteroatoms. The molecule has 0 heterocycles. The van der Waals surface area contributed by atoms with E-state index in [2.05, 4.69) is 5.32 Å². The zero-order chi connectivity index (χ0) is 15.2. The van der Waals surface area contributed by atoms with Gasteiger partial charge in [0, 0.05) is 14.2 Å². The number of aliphatic hydroxyl groups is 1. The molecule has 0 aromatic carbocycles. The maximum Gasteiger partial charge on any atom is 0.326 e. The van der Waals surface area contributed by atoms with Crippen LogP contribution in [0.5, 0.6) is 0 Å². The van der Waals surface area contributed by atoms with Crippen LogP contribution in [-0.4, -0.2) is 66.6 Å². The Morgan fingerprint density at radius 1 is 1.37 bits per heavy atom. The van der Waals surface area contributed by atoms with Crippen molar-refractivity contribution in [3.63, 3.8) is 0 Å². The van der Waals surface area contributed by atoms with Crippen molar-refractivity contribution in [2.24, 2.45) is 5.41 Å². The zero-order valence-corrected chi connectivity index (χ0v) is 12.1. The minimum absolute atomic E-state index is 0.0656. The van der Waals surface area contributed by atoms with Crippen LogP contribution in [0.25, 0.3) is 0 Å². The van der Waals surface area contributed by atoms with Gasteiger partial charge in [-0.2, -0.15) is 0 Å². The number of amides is 2. The third-order valence-electron chi connectivity index (χ3n) is 2.57. The third kappa shape index (κ3) is 6.40. The molecule has 0 aliphatic rings. The normalized spacial score (nSPS) is 14.6. The maximum atomic E-state index is 11.8. The molecule has 0 saturated heterocycles. The van der Waals surface area contributed by atoms with Gasteiger partial charge in [-0.15, -0.1) is 0 Å². The number of aliphatic carboxylic acids is 1. The largest absolute Gasteiger partial charge is 0.480 e. The molecule has 2 amide bonds.